The topological polar surface area (TPSA) is 93.8 Å². The molecule has 3 N–H and O–H groups in total. The molecule has 1 aromatic carbocycles. The number of rotatable bonds is 5. The molecule has 6 nitrogen and oxygen atoms in total. The summed E-state index contributed by atoms with van der Waals surface area (Å²) in [6.07, 6.45) is 0. The number of halogens is 1. The van der Waals surface area contributed by atoms with Gasteiger partial charge < -0.3 is 10.5 Å². The maximum atomic E-state index is 12.9. The van der Waals surface area contributed by atoms with Gasteiger partial charge in [-0.15, -0.1) is 11.3 Å². The standard InChI is InChI=1S/C17H18FN3O3S/c1-4-24-17(23)13-9(2)14(25-15(13)19)10(3)20-21-16(22)11-5-7-12(18)8-6-11/h5-8H,4,19H2,1-3H3,(H,21,22)/b20-10-. The first-order chi connectivity index (χ1) is 11.8. The fourth-order valence-electron chi connectivity index (χ4n) is 2.19. The van der Waals surface area contributed by atoms with E-state index in [-0.39, 0.29) is 12.2 Å². The highest BCUT2D eigenvalue weighted by molar-refractivity contribution is 7.18. The Kier molecular flexibility index (Phi) is 5.87. The largest absolute Gasteiger partial charge is 0.462 e. The monoisotopic (exact) mass is 363 g/mol. The summed E-state index contributed by atoms with van der Waals surface area (Å²) in [4.78, 5) is 24.7. The molecule has 25 heavy (non-hydrogen) atoms. The number of thiophene rings is 1. The number of hydrazone groups is 1. The smallest absolute Gasteiger partial charge is 0.341 e. The van der Waals surface area contributed by atoms with Gasteiger partial charge >= 0.3 is 5.97 Å². The van der Waals surface area contributed by atoms with Crippen LogP contribution >= 0.6 is 11.3 Å². The number of hydrogen-bond acceptors (Lipinski definition) is 6. The van der Waals surface area contributed by atoms with Crippen molar-refractivity contribution in [1.29, 1.82) is 0 Å². The van der Waals surface area contributed by atoms with Gasteiger partial charge in [-0.3, -0.25) is 4.79 Å². The summed E-state index contributed by atoms with van der Waals surface area (Å²) < 4.78 is 17.9. The first-order valence-electron chi connectivity index (χ1n) is 7.51. The Hall–Kier alpha value is -2.74. The summed E-state index contributed by atoms with van der Waals surface area (Å²) in [5.41, 5.74) is 10.1. The number of amides is 1. The van der Waals surface area contributed by atoms with Crippen LogP contribution in [0.4, 0.5) is 9.39 Å². The average molecular weight is 363 g/mol. The van der Waals surface area contributed by atoms with E-state index >= 15 is 0 Å². The van der Waals surface area contributed by atoms with Gasteiger partial charge in [0.15, 0.2) is 0 Å². The minimum Gasteiger partial charge on any atom is -0.462 e. The molecule has 0 unspecified atom stereocenters. The Morgan fingerprint density at radius 3 is 2.56 bits per heavy atom. The lowest BCUT2D eigenvalue weighted by Gasteiger charge is -2.04. The van der Waals surface area contributed by atoms with Crippen molar-refractivity contribution in [2.45, 2.75) is 20.8 Å². The molecule has 1 amide bonds. The molecule has 0 aliphatic heterocycles. The number of nitrogen functional groups attached to an aromatic ring is 1. The van der Waals surface area contributed by atoms with E-state index in [1.54, 1.807) is 20.8 Å². The maximum absolute atomic E-state index is 12.9. The number of anilines is 1. The normalized spacial score (nSPS) is 11.3. The highest BCUT2D eigenvalue weighted by atomic mass is 32.1. The van der Waals surface area contributed by atoms with Crippen molar-refractivity contribution >= 4 is 33.9 Å². The number of nitrogens with one attached hydrogen (secondary N) is 1. The van der Waals surface area contributed by atoms with Crippen LogP contribution in [0, 0.1) is 12.7 Å². The van der Waals surface area contributed by atoms with Crippen LogP contribution in [0.15, 0.2) is 29.4 Å². The zero-order valence-corrected chi connectivity index (χ0v) is 14.9. The number of carbonyl (C=O) groups is 2. The average Bonchev–Trinajstić information content (AvgIpc) is 2.88. The first-order valence-corrected chi connectivity index (χ1v) is 8.33. The Labute approximate surface area is 148 Å². The lowest BCUT2D eigenvalue weighted by atomic mass is 10.1. The van der Waals surface area contributed by atoms with E-state index in [0.29, 0.717) is 26.7 Å². The van der Waals surface area contributed by atoms with Gasteiger partial charge in [0, 0.05) is 5.56 Å². The quantitative estimate of drug-likeness (QED) is 0.485. The third-order valence-electron chi connectivity index (χ3n) is 3.41. The van der Waals surface area contributed by atoms with Gasteiger partial charge in [-0.25, -0.2) is 14.6 Å². The van der Waals surface area contributed by atoms with Gasteiger partial charge in [-0.2, -0.15) is 5.10 Å². The molecule has 0 saturated carbocycles. The maximum Gasteiger partial charge on any atom is 0.341 e. The highest BCUT2D eigenvalue weighted by Crippen LogP contribution is 2.31. The van der Waals surface area contributed by atoms with Gasteiger partial charge in [-0.05, 0) is 50.6 Å². The van der Waals surface area contributed by atoms with Crippen LogP contribution in [-0.2, 0) is 4.74 Å². The number of carbonyl (C=O) groups excluding carboxylic acids is 2. The molecular formula is C17H18FN3O3S. The van der Waals surface area contributed by atoms with Crippen molar-refractivity contribution < 1.29 is 18.7 Å². The molecule has 1 aromatic heterocycles. The van der Waals surface area contributed by atoms with E-state index in [1.165, 1.54) is 35.6 Å². The van der Waals surface area contributed by atoms with Crippen LogP contribution in [-0.4, -0.2) is 24.2 Å². The van der Waals surface area contributed by atoms with Gasteiger partial charge in [0.25, 0.3) is 5.91 Å². The summed E-state index contributed by atoms with van der Waals surface area (Å²) in [6.45, 7) is 5.41. The van der Waals surface area contributed by atoms with E-state index < -0.39 is 17.7 Å². The summed E-state index contributed by atoms with van der Waals surface area (Å²) >= 11 is 1.20. The zero-order valence-electron chi connectivity index (χ0n) is 14.1. The molecule has 0 spiro atoms. The number of ether oxygens (including phenoxy) is 1. The zero-order chi connectivity index (χ0) is 18.6. The van der Waals surface area contributed by atoms with Crippen LogP contribution in [0.5, 0.6) is 0 Å². The summed E-state index contributed by atoms with van der Waals surface area (Å²) in [6, 6.07) is 5.12. The summed E-state index contributed by atoms with van der Waals surface area (Å²) in [7, 11) is 0. The van der Waals surface area contributed by atoms with Crippen LogP contribution in [0.2, 0.25) is 0 Å². The van der Waals surface area contributed by atoms with E-state index in [9.17, 15) is 14.0 Å². The van der Waals surface area contributed by atoms with E-state index in [1.807, 2.05) is 0 Å². The fourth-order valence-corrected chi connectivity index (χ4v) is 3.20. The predicted octanol–water partition coefficient (Wildman–Crippen LogP) is 3.11. The third-order valence-corrected chi connectivity index (χ3v) is 4.64. The Morgan fingerprint density at radius 1 is 1.32 bits per heavy atom. The highest BCUT2D eigenvalue weighted by Gasteiger charge is 2.21. The number of esters is 1. The molecule has 132 valence electrons. The number of nitrogens with zero attached hydrogens (tertiary/aromatic N) is 1. The van der Waals surface area contributed by atoms with Gasteiger partial charge in [0.2, 0.25) is 0 Å². The van der Waals surface area contributed by atoms with Crippen molar-refractivity contribution in [2.75, 3.05) is 12.3 Å². The van der Waals surface area contributed by atoms with Crippen LogP contribution in [0.3, 0.4) is 0 Å². The van der Waals surface area contributed by atoms with Crippen molar-refractivity contribution in [3.63, 3.8) is 0 Å². The van der Waals surface area contributed by atoms with E-state index in [4.69, 9.17) is 10.5 Å². The van der Waals surface area contributed by atoms with Crippen LogP contribution in [0.25, 0.3) is 0 Å². The Balaban J connectivity index is 2.19. The second kappa shape index (κ2) is 7.89. The lowest BCUT2D eigenvalue weighted by Crippen LogP contribution is -2.19. The van der Waals surface area contributed by atoms with Crippen molar-refractivity contribution in [3.8, 4) is 0 Å². The second-order valence-corrected chi connectivity index (χ2v) is 6.21. The van der Waals surface area contributed by atoms with Crippen molar-refractivity contribution in [1.82, 2.24) is 5.43 Å². The van der Waals surface area contributed by atoms with Gasteiger partial charge in [-0.1, -0.05) is 0 Å². The lowest BCUT2D eigenvalue weighted by molar-refractivity contribution is 0.0527. The molecule has 0 aliphatic carbocycles. The minimum absolute atomic E-state index is 0.254. The minimum atomic E-state index is -0.483. The molecule has 1 heterocycles. The third kappa shape index (κ3) is 4.21. The van der Waals surface area contributed by atoms with Gasteiger partial charge in [0.1, 0.15) is 10.8 Å². The number of benzene rings is 1. The molecule has 2 aromatic rings. The molecular weight excluding hydrogens is 345 g/mol. The summed E-state index contributed by atoms with van der Waals surface area (Å²) in [5, 5.41) is 4.38. The molecule has 8 heteroatoms. The predicted molar refractivity (Wildman–Crippen MR) is 95.5 cm³/mol. The van der Waals surface area contributed by atoms with Crippen LogP contribution in [0.1, 0.15) is 45.0 Å². The molecule has 0 saturated heterocycles. The number of hydrogen-bond donors (Lipinski definition) is 2. The molecule has 0 fully saturated rings. The number of nitrogens with two attached hydrogens (primary N) is 1. The SMILES string of the molecule is CCOC(=O)c1c(N)sc(/C(C)=N\NC(=O)c2ccc(F)cc2)c1C. The van der Waals surface area contributed by atoms with Crippen molar-refractivity contribution in [2.24, 2.45) is 5.10 Å². The van der Waals surface area contributed by atoms with E-state index in [0.717, 1.165) is 0 Å². The van der Waals surface area contributed by atoms with Crippen molar-refractivity contribution in [3.05, 3.63) is 51.7 Å². The Morgan fingerprint density at radius 2 is 1.96 bits per heavy atom. The van der Waals surface area contributed by atoms with E-state index in [2.05, 4.69) is 10.5 Å². The molecule has 0 atom stereocenters. The second-order valence-electron chi connectivity index (χ2n) is 5.16. The Bertz CT molecular complexity index is 828. The molecule has 2 rings (SSSR count). The molecule has 0 aliphatic rings. The van der Waals surface area contributed by atoms with Gasteiger partial charge in [0.05, 0.1) is 22.8 Å². The summed E-state index contributed by atoms with van der Waals surface area (Å²) in [5.74, 6) is -1.37. The molecule has 0 radical (unpaired) electrons. The van der Waals surface area contributed by atoms with Crippen LogP contribution < -0.4 is 11.2 Å². The first kappa shape index (κ1) is 18.6. The molecule has 0 bridgehead atoms. The fraction of sp³-hybridized carbons (Fsp3) is 0.235.